The summed E-state index contributed by atoms with van der Waals surface area (Å²) in [5, 5.41) is 0. The number of esters is 1. The Hall–Kier alpha value is -0.530. The zero-order valence-electron chi connectivity index (χ0n) is 12.7. The molecule has 108 valence electrons. The van der Waals surface area contributed by atoms with Crippen LogP contribution in [0.1, 0.15) is 65.7 Å². The molecule has 0 heterocycles. The van der Waals surface area contributed by atoms with Gasteiger partial charge in [0.2, 0.25) is 0 Å². The second kappa shape index (κ2) is 4.79. The van der Waals surface area contributed by atoms with E-state index in [0.717, 1.165) is 24.7 Å². The van der Waals surface area contributed by atoms with Crippen molar-refractivity contribution >= 4 is 5.97 Å². The van der Waals surface area contributed by atoms with E-state index >= 15 is 0 Å². The van der Waals surface area contributed by atoms with Crippen LogP contribution in [0.15, 0.2) is 0 Å². The molecule has 4 saturated carbocycles. The average Bonchev–Trinajstić information content (AvgIpc) is 2.41. The van der Waals surface area contributed by atoms with Gasteiger partial charge in [0.1, 0.15) is 5.60 Å². The number of hydrogen-bond acceptors (Lipinski definition) is 2. The third kappa shape index (κ3) is 2.02. The van der Waals surface area contributed by atoms with Gasteiger partial charge in [-0.2, -0.15) is 0 Å². The summed E-state index contributed by atoms with van der Waals surface area (Å²) in [5.41, 5.74) is -0.103. The van der Waals surface area contributed by atoms with Gasteiger partial charge < -0.3 is 4.74 Å². The number of hydrogen-bond donors (Lipinski definition) is 0. The molecule has 1 atom stereocenters. The second-order valence-corrected chi connectivity index (χ2v) is 7.34. The van der Waals surface area contributed by atoms with Crippen molar-refractivity contribution in [1.82, 2.24) is 0 Å². The SMILES string of the molecule is CCC(C)C(=O)OC1(CC)C2CC3CC(C2)CC1C3. The molecule has 2 nitrogen and oxygen atoms in total. The molecule has 0 radical (unpaired) electrons. The lowest BCUT2D eigenvalue weighted by atomic mass is 9.49. The summed E-state index contributed by atoms with van der Waals surface area (Å²) in [6, 6.07) is 0. The van der Waals surface area contributed by atoms with E-state index < -0.39 is 0 Å². The minimum atomic E-state index is -0.103. The first kappa shape index (κ1) is 13.5. The monoisotopic (exact) mass is 264 g/mol. The Bertz CT molecular complexity index is 332. The fourth-order valence-electron chi connectivity index (χ4n) is 5.25. The van der Waals surface area contributed by atoms with E-state index in [4.69, 9.17) is 4.74 Å². The van der Waals surface area contributed by atoms with Gasteiger partial charge in [-0.3, -0.25) is 4.79 Å². The molecule has 0 N–H and O–H groups in total. The number of rotatable bonds is 4. The zero-order chi connectivity index (χ0) is 13.6. The molecule has 4 rings (SSSR count). The summed E-state index contributed by atoms with van der Waals surface area (Å²) in [4.78, 5) is 12.3. The van der Waals surface area contributed by atoms with Crippen molar-refractivity contribution in [1.29, 1.82) is 0 Å². The lowest BCUT2D eigenvalue weighted by molar-refractivity contribution is -0.214. The summed E-state index contributed by atoms with van der Waals surface area (Å²) in [6.45, 7) is 6.30. The van der Waals surface area contributed by atoms with E-state index in [9.17, 15) is 4.79 Å². The van der Waals surface area contributed by atoms with Gasteiger partial charge in [-0.05, 0) is 68.6 Å². The van der Waals surface area contributed by atoms with E-state index in [1.165, 1.54) is 32.1 Å². The Balaban J connectivity index is 1.81. The van der Waals surface area contributed by atoms with Crippen molar-refractivity contribution < 1.29 is 9.53 Å². The molecule has 0 amide bonds. The summed E-state index contributed by atoms with van der Waals surface area (Å²) < 4.78 is 6.18. The number of carbonyl (C=O) groups is 1. The second-order valence-electron chi connectivity index (χ2n) is 7.34. The average molecular weight is 264 g/mol. The third-order valence-electron chi connectivity index (χ3n) is 6.38. The molecule has 4 aliphatic carbocycles. The van der Waals surface area contributed by atoms with Gasteiger partial charge in [-0.15, -0.1) is 0 Å². The van der Waals surface area contributed by atoms with E-state index in [1.54, 1.807) is 0 Å². The highest BCUT2D eigenvalue weighted by Crippen LogP contribution is 2.60. The van der Waals surface area contributed by atoms with Crippen molar-refractivity contribution in [2.75, 3.05) is 0 Å². The van der Waals surface area contributed by atoms with Crippen LogP contribution in [-0.4, -0.2) is 11.6 Å². The molecule has 0 aliphatic heterocycles. The van der Waals surface area contributed by atoms with E-state index in [0.29, 0.717) is 11.8 Å². The van der Waals surface area contributed by atoms with Crippen LogP contribution in [0.25, 0.3) is 0 Å². The van der Waals surface area contributed by atoms with Crippen molar-refractivity contribution in [2.45, 2.75) is 71.3 Å². The molecule has 4 fully saturated rings. The Morgan fingerprint density at radius 3 is 2.05 bits per heavy atom. The minimum absolute atomic E-state index is 0.0526. The van der Waals surface area contributed by atoms with Crippen molar-refractivity contribution in [3.8, 4) is 0 Å². The number of ether oxygens (including phenoxy) is 1. The van der Waals surface area contributed by atoms with Crippen LogP contribution in [0, 0.1) is 29.6 Å². The van der Waals surface area contributed by atoms with Crippen LogP contribution in [0.2, 0.25) is 0 Å². The smallest absolute Gasteiger partial charge is 0.309 e. The largest absolute Gasteiger partial charge is 0.458 e. The van der Waals surface area contributed by atoms with Gasteiger partial charge in [-0.25, -0.2) is 0 Å². The molecule has 4 bridgehead atoms. The molecule has 0 spiro atoms. The maximum absolute atomic E-state index is 12.3. The minimum Gasteiger partial charge on any atom is -0.458 e. The predicted molar refractivity (Wildman–Crippen MR) is 75.6 cm³/mol. The molecule has 0 saturated heterocycles. The van der Waals surface area contributed by atoms with Gasteiger partial charge >= 0.3 is 5.97 Å². The quantitative estimate of drug-likeness (QED) is 0.712. The van der Waals surface area contributed by atoms with Crippen molar-refractivity contribution in [3.05, 3.63) is 0 Å². The molecule has 0 aromatic rings. The highest BCUT2D eigenvalue weighted by Gasteiger charge is 2.58. The third-order valence-corrected chi connectivity index (χ3v) is 6.38. The van der Waals surface area contributed by atoms with Crippen LogP contribution >= 0.6 is 0 Å². The zero-order valence-corrected chi connectivity index (χ0v) is 12.7. The van der Waals surface area contributed by atoms with Crippen LogP contribution in [0.4, 0.5) is 0 Å². The summed E-state index contributed by atoms with van der Waals surface area (Å²) in [7, 11) is 0. The molecule has 19 heavy (non-hydrogen) atoms. The Labute approximate surface area is 117 Å². The Morgan fingerprint density at radius 2 is 1.63 bits per heavy atom. The highest BCUT2D eigenvalue weighted by atomic mass is 16.6. The molecule has 0 aromatic carbocycles. The molecule has 0 aromatic heterocycles. The fourth-order valence-corrected chi connectivity index (χ4v) is 5.25. The first-order valence-corrected chi connectivity index (χ1v) is 8.31. The maximum Gasteiger partial charge on any atom is 0.309 e. The maximum atomic E-state index is 12.3. The van der Waals surface area contributed by atoms with Crippen LogP contribution < -0.4 is 0 Å². The van der Waals surface area contributed by atoms with Crippen molar-refractivity contribution in [2.24, 2.45) is 29.6 Å². The lowest BCUT2D eigenvalue weighted by Gasteiger charge is -2.60. The van der Waals surface area contributed by atoms with Crippen LogP contribution in [-0.2, 0) is 9.53 Å². The Morgan fingerprint density at radius 1 is 1.11 bits per heavy atom. The Kier molecular flexibility index (Phi) is 3.39. The fraction of sp³-hybridized carbons (Fsp3) is 0.941. The van der Waals surface area contributed by atoms with E-state index in [1.807, 2.05) is 6.92 Å². The van der Waals surface area contributed by atoms with Gasteiger partial charge in [-0.1, -0.05) is 20.8 Å². The lowest BCUT2D eigenvalue weighted by Crippen LogP contribution is -2.59. The molecular formula is C17H28O2. The van der Waals surface area contributed by atoms with E-state index in [-0.39, 0.29) is 17.5 Å². The summed E-state index contributed by atoms with van der Waals surface area (Å²) in [5.74, 6) is 3.29. The first-order valence-electron chi connectivity index (χ1n) is 8.31. The highest BCUT2D eigenvalue weighted by molar-refractivity contribution is 5.72. The predicted octanol–water partition coefficient (Wildman–Crippen LogP) is 4.18. The first-order chi connectivity index (χ1) is 9.09. The normalized spacial score (nSPS) is 45.2. The standard InChI is InChI=1S/C17H28O2/c1-4-11(3)16(18)19-17(5-2)14-7-12-6-13(9-14)10-15(17)8-12/h11-15H,4-10H2,1-3H3. The summed E-state index contributed by atoms with van der Waals surface area (Å²) in [6.07, 6.45) is 8.61. The topological polar surface area (TPSA) is 26.3 Å². The van der Waals surface area contributed by atoms with Gasteiger partial charge in [0.25, 0.3) is 0 Å². The van der Waals surface area contributed by atoms with Gasteiger partial charge in [0, 0.05) is 0 Å². The van der Waals surface area contributed by atoms with Gasteiger partial charge in [0.15, 0.2) is 0 Å². The van der Waals surface area contributed by atoms with Crippen molar-refractivity contribution in [3.63, 3.8) is 0 Å². The molecule has 4 aliphatic rings. The van der Waals surface area contributed by atoms with Crippen LogP contribution in [0.5, 0.6) is 0 Å². The number of carbonyl (C=O) groups excluding carboxylic acids is 1. The summed E-state index contributed by atoms with van der Waals surface area (Å²) >= 11 is 0. The van der Waals surface area contributed by atoms with E-state index in [2.05, 4.69) is 13.8 Å². The molecule has 2 heteroatoms. The molecule has 1 unspecified atom stereocenters. The van der Waals surface area contributed by atoms with Gasteiger partial charge in [0.05, 0.1) is 5.92 Å². The van der Waals surface area contributed by atoms with Crippen LogP contribution in [0.3, 0.4) is 0 Å². The molecular weight excluding hydrogens is 236 g/mol.